The van der Waals surface area contributed by atoms with Gasteiger partial charge in [0.15, 0.2) is 0 Å². The number of aliphatic carboxylic acids is 1. The van der Waals surface area contributed by atoms with Crippen LogP contribution in [-0.2, 0) is 4.79 Å². The molecule has 1 N–H and O–H groups in total. The Morgan fingerprint density at radius 1 is 1.26 bits per heavy atom. The summed E-state index contributed by atoms with van der Waals surface area (Å²) in [6.07, 6.45) is 3.34. The average molecular weight is 269 g/mol. The van der Waals surface area contributed by atoms with Crippen molar-refractivity contribution in [3.05, 3.63) is 0 Å². The number of carbonyl (C=O) groups is 2. The third-order valence-corrected chi connectivity index (χ3v) is 4.40. The van der Waals surface area contributed by atoms with Crippen molar-refractivity contribution in [1.82, 2.24) is 14.7 Å². The lowest BCUT2D eigenvalue weighted by atomic mass is 10.1. The molecule has 2 saturated heterocycles. The van der Waals surface area contributed by atoms with Crippen molar-refractivity contribution in [2.45, 2.75) is 38.3 Å². The first kappa shape index (κ1) is 14.1. The Morgan fingerprint density at radius 3 is 2.58 bits per heavy atom. The summed E-state index contributed by atoms with van der Waals surface area (Å²) in [5.41, 5.74) is 0. The largest absolute Gasteiger partial charge is 0.480 e. The molecule has 108 valence electrons. The number of rotatable bonds is 3. The average Bonchev–Trinajstić information content (AvgIpc) is 2.59. The van der Waals surface area contributed by atoms with Gasteiger partial charge in [0.05, 0.1) is 0 Å². The van der Waals surface area contributed by atoms with E-state index in [1.54, 1.807) is 0 Å². The number of amides is 2. The summed E-state index contributed by atoms with van der Waals surface area (Å²) >= 11 is 0. The zero-order chi connectivity index (χ0) is 14.0. The number of likely N-dealkylation sites (N-methyl/N-ethyl adjacent to an activating group) is 2. The summed E-state index contributed by atoms with van der Waals surface area (Å²) in [4.78, 5) is 28.8. The fourth-order valence-corrected chi connectivity index (χ4v) is 3.16. The minimum Gasteiger partial charge on any atom is -0.480 e. The van der Waals surface area contributed by atoms with Gasteiger partial charge in [-0.2, -0.15) is 0 Å². The molecule has 0 aromatic carbocycles. The van der Waals surface area contributed by atoms with Crippen molar-refractivity contribution in [2.24, 2.45) is 0 Å². The molecule has 6 heteroatoms. The highest BCUT2D eigenvalue weighted by Gasteiger charge is 2.36. The Balaban J connectivity index is 2.01. The van der Waals surface area contributed by atoms with E-state index in [0.29, 0.717) is 18.6 Å². The van der Waals surface area contributed by atoms with E-state index >= 15 is 0 Å². The number of likely N-dealkylation sites (tertiary alicyclic amines) is 1. The third-order valence-electron chi connectivity index (χ3n) is 4.40. The summed E-state index contributed by atoms with van der Waals surface area (Å²) < 4.78 is 0. The van der Waals surface area contributed by atoms with Crippen LogP contribution in [-0.4, -0.2) is 77.1 Å². The highest BCUT2D eigenvalue weighted by Crippen LogP contribution is 2.28. The summed E-state index contributed by atoms with van der Waals surface area (Å²) in [5.74, 6) is -0.955. The number of hydrogen-bond donors (Lipinski definition) is 1. The van der Waals surface area contributed by atoms with Gasteiger partial charge in [0.25, 0.3) is 0 Å². The second kappa shape index (κ2) is 5.77. The summed E-state index contributed by atoms with van der Waals surface area (Å²) in [5, 5.41) is 8.84. The zero-order valence-electron chi connectivity index (χ0n) is 11.7. The third kappa shape index (κ3) is 3.00. The van der Waals surface area contributed by atoms with E-state index in [1.807, 2.05) is 11.8 Å². The van der Waals surface area contributed by atoms with Crippen LogP contribution in [0.25, 0.3) is 0 Å². The van der Waals surface area contributed by atoms with Crippen LogP contribution < -0.4 is 0 Å². The lowest BCUT2D eigenvalue weighted by Gasteiger charge is -2.30. The van der Waals surface area contributed by atoms with Crippen LogP contribution in [0.3, 0.4) is 0 Å². The highest BCUT2D eigenvalue weighted by molar-refractivity contribution is 5.80. The molecule has 2 bridgehead atoms. The smallest absolute Gasteiger partial charge is 0.323 e. The maximum absolute atomic E-state index is 12.4. The second-order valence-corrected chi connectivity index (χ2v) is 5.48. The van der Waals surface area contributed by atoms with Crippen LogP contribution in [0.4, 0.5) is 4.79 Å². The molecule has 2 unspecified atom stereocenters. The topological polar surface area (TPSA) is 64.1 Å². The van der Waals surface area contributed by atoms with Gasteiger partial charge in [-0.3, -0.25) is 9.69 Å². The molecule has 0 radical (unpaired) electrons. The lowest BCUT2D eigenvalue weighted by Crippen LogP contribution is -2.48. The zero-order valence-corrected chi connectivity index (χ0v) is 11.7. The van der Waals surface area contributed by atoms with Crippen molar-refractivity contribution in [1.29, 1.82) is 0 Å². The Hall–Kier alpha value is -1.30. The van der Waals surface area contributed by atoms with Crippen LogP contribution in [0.1, 0.15) is 26.2 Å². The molecule has 0 saturated carbocycles. The fourth-order valence-electron chi connectivity index (χ4n) is 3.16. The fraction of sp³-hybridized carbons (Fsp3) is 0.846. The van der Waals surface area contributed by atoms with E-state index in [2.05, 4.69) is 11.9 Å². The van der Waals surface area contributed by atoms with E-state index in [0.717, 1.165) is 25.9 Å². The standard InChI is InChI=1S/C13H23N3O3/c1-3-15(9-12(17)18)13(19)16-7-6-10-4-5-11(8-16)14(10)2/h10-11H,3-9H2,1-2H3,(H,17,18). The number of nitrogens with zero attached hydrogens (tertiary/aromatic N) is 3. The van der Waals surface area contributed by atoms with Gasteiger partial charge in [0, 0.05) is 31.7 Å². The van der Waals surface area contributed by atoms with Gasteiger partial charge in [0.2, 0.25) is 0 Å². The van der Waals surface area contributed by atoms with Gasteiger partial charge in [-0.15, -0.1) is 0 Å². The van der Waals surface area contributed by atoms with Gasteiger partial charge in [-0.25, -0.2) is 4.79 Å². The van der Waals surface area contributed by atoms with Gasteiger partial charge in [-0.1, -0.05) is 0 Å². The molecule has 2 amide bonds. The Kier molecular flexibility index (Phi) is 4.29. The summed E-state index contributed by atoms with van der Waals surface area (Å²) in [6.45, 7) is 3.50. The Labute approximate surface area is 114 Å². The van der Waals surface area contributed by atoms with Gasteiger partial charge in [0.1, 0.15) is 6.54 Å². The minimum atomic E-state index is -0.955. The molecule has 2 fully saturated rings. The van der Waals surface area contributed by atoms with E-state index in [9.17, 15) is 9.59 Å². The highest BCUT2D eigenvalue weighted by atomic mass is 16.4. The molecule has 2 aliphatic rings. The van der Waals surface area contributed by atoms with Crippen molar-refractivity contribution >= 4 is 12.0 Å². The van der Waals surface area contributed by atoms with Crippen LogP contribution in [0.2, 0.25) is 0 Å². The first-order valence-corrected chi connectivity index (χ1v) is 7.00. The van der Waals surface area contributed by atoms with Crippen LogP contribution >= 0.6 is 0 Å². The first-order valence-electron chi connectivity index (χ1n) is 7.00. The van der Waals surface area contributed by atoms with Crippen LogP contribution in [0.5, 0.6) is 0 Å². The first-order chi connectivity index (χ1) is 9.02. The molecule has 2 aliphatic heterocycles. The molecule has 2 atom stereocenters. The monoisotopic (exact) mass is 269 g/mol. The lowest BCUT2D eigenvalue weighted by molar-refractivity contribution is -0.137. The number of fused-ring (bicyclic) bond motifs is 2. The van der Waals surface area contributed by atoms with Gasteiger partial charge < -0.3 is 14.9 Å². The quantitative estimate of drug-likeness (QED) is 0.818. The maximum Gasteiger partial charge on any atom is 0.323 e. The van der Waals surface area contributed by atoms with Crippen LogP contribution in [0.15, 0.2) is 0 Å². The number of carboxylic acid groups (broad SMARTS) is 1. The van der Waals surface area contributed by atoms with Gasteiger partial charge >= 0.3 is 12.0 Å². The predicted molar refractivity (Wildman–Crippen MR) is 71.0 cm³/mol. The molecule has 0 spiro atoms. The molecule has 19 heavy (non-hydrogen) atoms. The second-order valence-electron chi connectivity index (χ2n) is 5.48. The van der Waals surface area contributed by atoms with E-state index < -0.39 is 5.97 Å². The number of hydrogen-bond acceptors (Lipinski definition) is 3. The van der Waals surface area contributed by atoms with E-state index in [-0.39, 0.29) is 12.6 Å². The van der Waals surface area contributed by atoms with Crippen molar-refractivity contribution in [2.75, 3.05) is 33.2 Å². The molecule has 0 aromatic heterocycles. The SMILES string of the molecule is CCN(CC(=O)O)C(=O)N1CCC2CCC(C1)N2C. The maximum atomic E-state index is 12.4. The Morgan fingerprint density at radius 2 is 1.95 bits per heavy atom. The Bertz CT molecular complexity index is 361. The number of urea groups is 1. The van der Waals surface area contributed by atoms with E-state index in [1.165, 1.54) is 11.3 Å². The van der Waals surface area contributed by atoms with E-state index in [4.69, 9.17) is 5.11 Å². The number of carbonyl (C=O) groups excluding carboxylic acids is 1. The summed E-state index contributed by atoms with van der Waals surface area (Å²) in [7, 11) is 2.13. The molecule has 6 nitrogen and oxygen atoms in total. The normalized spacial score (nSPS) is 27.2. The predicted octanol–water partition coefficient (Wildman–Crippen LogP) is 0.681. The molecule has 2 heterocycles. The van der Waals surface area contributed by atoms with Crippen LogP contribution in [0, 0.1) is 0 Å². The molecule has 2 rings (SSSR count). The summed E-state index contributed by atoms with van der Waals surface area (Å²) in [6, 6.07) is 0.878. The minimum absolute atomic E-state index is 0.133. The molecule has 0 aromatic rings. The van der Waals surface area contributed by atoms with Gasteiger partial charge in [-0.05, 0) is 33.2 Å². The van der Waals surface area contributed by atoms with Crippen molar-refractivity contribution in [3.63, 3.8) is 0 Å². The molecule has 0 aliphatic carbocycles. The van der Waals surface area contributed by atoms with Crippen molar-refractivity contribution < 1.29 is 14.7 Å². The molecular formula is C13H23N3O3. The van der Waals surface area contributed by atoms with Crippen molar-refractivity contribution in [3.8, 4) is 0 Å². The number of carboxylic acids is 1. The molecular weight excluding hydrogens is 246 g/mol.